The highest BCUT2D eigenvalue weighted by Crippen LogP contribution is 2.13. The monoisotopic (exact) mass is 307 g/mol. The van der Waals surface area contributed by atoms with Crippen molar-refractivity contribution in [1.29, 1.82) is 0 Å². The van der Waals surface area contributed by atoms with Gasteiger partial charge in [-0.3, -0.25) is 0 Å². The predicted octanol–water partition coefficient (Wildman–Crippen LogP) is 3.51. The van der Waals surface area contributed by atoms with Crippen molar-refractivity contribution in [3.05, 3.63) is 64.6 Å². The van der Waals surface area contributed by atoms with Crippen molar-refractivity contribution in [2.45, 2.75) is 34.2 Å². The Morgan fingerprint density at radius 1 is 0.913 bits per heavy atom. The molecular weight excluding hydrogens is 286 g/mol. The fourth-order valence-electron chi connectivity index (χ4n) is 2.47. The standard InChI is InChI=1S/C18H21N5/c1-12-5-7-16(8-6-12)11-19-17-10-13(2)20-18(21-17)23-15(4)9-14(3)22-23/h5-10H,11H2,1-4H3,(H,19,20,21). The van der Waals surface area contributed by atoms with Gasteiger partial charge in [0.2, 0.25) is 0 Å². The maximum atomic E-state index is 4.59. The second kappa shape index (κ2) is 6.20. The van der Waals surface area contributed by atoms with Gasteiger partial charge in [-0.15, -0.1) is 0 Å². The van der Waals surface area contributed by atoms with Gasteiger partial charge in [0.25, 0.3) is 5.95 Å². The maximum Gasteiger partial charge on any atom is 0.252 e. The summed E-state index contributed by atoms with van der Waals surface area (Å²) in [5.74, 6) is 1.41. The van der Waals surface area contributed by atoms with Crippen LogP contribution >= 0.6 is 0 Å². The summed E-state index contributed by atoms with van der Waals surface area (Å²) in [5, 5.41) is 7.82. The summed E-state index contributed by atoms with van der Waals surface area (Å²) in [6, 6.07) is 12.4. The summed E-state index contributed by atoms with van der Waals surface area (Å²) in [4.78, 5) is 9.08. The molecule has 1 N–H and O–H groups in total. The number of anilines is 1. The van der Waals surface area contributed by atoms with Crippen LogP contribution in [0.25, 0.3) is 5.95 Å². The third-order valence-electron chi connectivity index (χ3n) is 3.64. The van der Waals surface area contributed by atoms with Gasteiger partial charge in [0.05, 0.1) is 5.69 Å². The summed E-state index contributed by atoms with van der Waals surface area (Å²) >= 11 is 0. The molecule has 0 unspecified atom stereocenters. The highest BCUT2D eigenvalue weighted by atomic mass is 15.4. The van der Waals surface area contributed by atoms with E-state index in [1.54, 1.807) is 4.68 Å². The van der Waals surface area contributed by atoms with Gasteiger partial charge >= 0.3 is 0 Å². The van der Waals surface area contributed by atoms with E-state index >= 15 is 0 Å². The quantitative estimate of drug-likeness (QED) is 0.801. The Labute approximate surface area is 136 Å². The molecule has 5 nitrogen and oxygen atoms in total. The molecular formula is C18H21N5. The lowest BCUT2D eigenvalue weighted by atomic mass is 10.1. The minimum absolute atomic E-state index is 0.599. The SMILES string of the molecule is Cc1ccc(CNc2cc(C)nc(-n3nc(C)cc3C)n2)cc1. The van der Waals surface area contributed by atoms with Crippen molar-refractivity contribution in [1.82, 2.24) is 19.7 Å². The molecule has 2 heterocycles. The fourth-order valence-corrected chi connectivity index (χ4v) is 2.47. The molecule has 3 aromatic rings. The number of benzene rings is 1. The summed E-state index contributed by atoms with van der Waals surface area (Å²) in [6.07, 6.45) is 0. The van der Waals surface area contributed by atoms with Crippen LogP contribution in [0.15, 0.2) is 36.4 Å². The van der Waals surface area contributed by atoms with E-state index < -0.39 is 0 Å². The van der Waals surface area contributed by atoms with Crippen molar-refractivity contribution in [2.75, 3.05) is 5.32 Å². The molecule has 1 aromatic carbocycles. The fraction of sp³-hybridized carbons (Fsp3) is 0.278. The predicted molar refractivity (Wildman–Crippen MR) is 91.9 cm³/mol. The second-order valence-electron chi connectivity index (χ2n) is 5.87. The molecule has 0 aliphatic rings. The summed E-state index contributed by atoms with van der Waals surface area (Å²) in [5.41, 5.74) is 5.38. The van der Waals surface area contributed by atoms with E-state index in [0.29, 0.717) is 5.95 Å². The lowest BCUT2D eigenvalue weighted by molar-refractivity contribution is 0.768. The van der Waals surface area contributed by atoms with Crippen molar-refractivity contribution in [3.63, 3.8) is 0 Å². The Hall–Kier alpha value is -2.69. The first-order valence-corrected chi connectivity index (χ1v) is 7.70. The second-order valence-corrected chi connectivity index (χ2v) is 5.87. The van der Waals surface area contributed by atoms with E-state index in [0.717, 1.165) is 29.4 Å². The van der Waals surface area contributed by atoms with Gasteiger partial charge in [-0.2, -0.15) is 10.1 Å². The minimum atomic E-state index is 0.599. The average Bonchev–Trinajstić information content (AvgIpc) is 2.85. The van der Waals surface area contributed by atoms with E-state index in [-0.39, 0.29) is 0 Å². The first-order valence-electron chi connectivity index (χ1n) is 7.70. The van der Waals surface area contributed by atoms with Crippen molar-refractivity contribution in [2.24, 2.45) is 0 Å². The first-order chi connectivity index (χ1) is 11.0. The van der Waals surface area contributed by atoms with Gasteiger partial charge in [-0.25, -0.2) is 9.67 Å². The van der Waals surface area contributed by atoms with Crippen molar-refractivity contribution in [3.8, 4) is 5.95 Å². The van der Waals surface area contributed by atoms with Crippen LogP contribution in [0.1, 0.15) is 28.2 Å². The highest BCUT2D eigenvalue weighted by molar-refractivity contribution is 5.40. The average molecular weight is 307 g/mol. The van der Waals surface area contributed by atoms with E-state index in [4.69, 9.17) is 0 Å². The Kier molecular flexibility index (Phi) is 4.10. The Morgan fingerprint density at radius 3 is 2.30 bits per heavy atom. The van der Waals surface area contributed by atoms with Gasteiger partial charge in [-0.05, 0) is 39.3 Å². The number of aryl methyl sites for hydroxylation is 4. The van der Waals surface area contributed by atoms with Crippen LogP contribution in [-0.4, -0.2) is 19.7 Å². The summed E-state index contributed by atoms with van der Waals surface area (Å²) in [6.45, 7) is 8.76. The third-order valence-corrected chi connectivity index (χ3v) is 3.64. The van der Waals surface area contributed by atoms with Crippen LogP contribution < -0.4 is 5.32 Å². The van der Waals surface area contributed by atoms with E-state index in [1.165, 1.54) is 11.1 Å². The van der Waals surface area contributed by atoms with Crippen LogP contribution in [0.2, 0.25) is 0 Å². The Balaban J connectivity index is 1.83. The topological polar surface area (TPSA) is 55.6 Å². The molecule has 0 bridgehead atoms. The molecule has 0 amide bonds. The van der Waals surface area contributed by atoms with Gasteiger partial charge in [0.1, 0.15) is 5.82 Å². The van der Waals surface area contributed by atoms with Crippen molar-refractivity contribution < 1.29 is 0 Å². The van der Waals surface area contributed by atoms with Crippen LogP contribution in [0.5, 0.6) is 0 Å². The molecule has 0 radical (unpaired) electrons. The van der Waals surface area contributed by atoms with E-state index in [9.17, 15) is 0 Å². The number of hydrogen-bond donors (Lipinski definition) is 1. The molecule has 2 aromatic heterocycles. The number of rotatable bonds is 4. The molecule has 0 spiro atoms. The summed E-state index contributed by atoms with van der Waals surface area (Å²) < 4.78 is 1.78. The van der Waals surface area contributed by atoms with E-state index in [1.807, 2.05) is 32.9 Å². The molecule has 0 saturated heterocycles. The van der Waals surface area contributed by atoms with Gasteiger partial charge in [0.15, 0.2) is 0 Å². The number of hydrogen-bond acceptors (Lipinski definition) is 4. The van der Waals surface area contributed by atoms with Gasteiger partial charge in [0, 0.05) is 24.0 Å². The van der Waals surface area contributed by atoms with Gasteiger partial charge < -0.3 is 5.32 Å². The molecule has 0 aliphatic carbocycles. The number of nitrogens with one attached hydrogen (secondary N) is 1. The largest absolute Gasteiger partial charge is 0.366 e. The lowest BCUT2D eigenvalue weighted by Crippen LogP contribution is -2.09. The highest BCUT2D eigenvalue weighted by Gasteiger charge is 2.09. The molecule has 0 saturated carbocycles. The van der Waals surface area contributed by atoms with E-state index in [2.05, 4.69) is 51.6 Å². The zero-order valence-corrected chi connectivity index (χ0v) is 14.0. The van der Waals surface area contributed by atoms with Crippen LogP contribution in [-0.2, 0) is 6.54 Å². The Bertz CT molecular complexity index is 818. The third kappa shape index (κ3) is 3.56. The number of nitrogens with zero attached hydrogens (tertiary/aromatic N) is 4. The smallest absolute Gasteiger partial charge is 0.252 e. The zero-order chi connectivity index (χ0) is 16.4. The number of aromatic nitrogens is 4. The summed E-state index contributed by atoms with van der Waals surface area (Å²) in [7, 11) is 0. The molecule has 118 valence electrons. The van der Waals surface area contributed by atoms with Gasteiger partial charge in [-0.1, -0.05) is 29.8 Å². The molecule has 0 fully saturated rings. The normalized spacial score (nSPS) is 10.8. The molecule has 0 atom stereocenters. The first kappa shape index (κ1) is 15.2. The zero-order valence-electron chi connectivity index (χ0n) is 14.0. The molecule has 3 rings (SSSR count). The molecule has 0 aliphatic heterocycles. The minimum Gasteiger partial charge on any atom is -0.366 e. The van der Waals surface area contributed by atoms with Crippen molar-refractivity contribution >= 4 is 5.82 Å². The van der Waals surface area contributed by atoms with Crippen LogP contribution in [0.3, 0.4) is 0 Å². The van der Waals surface area contributed by atoms with Crippen LogP contribution in [0, 0.1) is 27.7 Å². The lowest BCUT2D eigenvalue weighted by Gasteiger charge is -2.09. The maximum absolute atomic E-state index is 4.59. The Morgan fingerprint density at radius 2 is 1.65 bits per heavy atom. The van der Waals surface area contributed by atoms with Crippen LogP contribution in [0.4, 0.5) is 5.82 Å². The molecule has 5 heteroatoms. The molecule has 23 heavy (non-hydrogen) atoms.